The zero-order valence-corrected chi connectivity index (χ0v) is 16.6. The summed E-state index contributed by atoms with van der Waals surface area (Å²) in [7, 11) is 0. The van der Waals surface area contributed by atoms with Gasteiger partial charge in [-0.3, -0.25) is 9.59 Å². The SMILES string of the molecule is CC(C)(C)c1ccccc1CC(=O)C(=O)Nc1ccccc1C(C)(C)C. The molecule has 3 nitrogen and oxygen atoms in total. The molecule has 3 heteroatoms. The number of para-hydroxylation sites is 1. The maximum absolute atomic E-state index is 12.5. The quantitative estimate of drug-likeness (QED) is 0.785. The highest BCUT2D eigenvalue weighted by Gasteiger charge is 2.23. The number of amides is 1. The van der Waals surface area contributed by atoms with Gasteiger partial charge in [0.15, 0.2) is 0 Å². The van der Waals surface area contributed by atoms with Gasteiger partial charge in [0.05, 0.1) is 0 Å². The summed E-state index contributed by atoms with van der Waals surface area (Å²) in [6.45, 7) is 12.6. The Kier molecular flexibility index (Phi) is 5.70. The summed E-state index contributed by atoms with van der Waals surface area (Å²) in [4.78, 5) is 25.0. The van der Waals surface area contributed by atoms with E-state index in [1.165, 1.54) is 0 Å². The van der Waals surface area contributed by atoms with Crippen molar-refractivity contribution in [1.82, 2.24) is 0 Å². The number of nitrogens with one attached hydrogen (secondary N) is 1. The zero-order chi connectivity index (χ0) is 19.5. The first kappa shape index (κ1) is 19.9. The van der Waals surface area contributed by atoms with Crippen molar-refractivity contribution >= 4 is 17.4 Å². The number of hydrogen-bond acceptors (Lipinski definition) is 2. The summed E-state index contributed by atoms with van der Waals surface area (Å²) < 4.78 is 0. The average molecular weight is 351 g/mol. The van der Waals surface area contributed by atoms with Crippen molar-refractivity contribution in [3.05, 3.63) is 65.2 Å². The second-order valence-corrected chi connectivity index (χ2v) is 8.76. The highest BCUT2D eigenvalue weighted by Crippen LogP contribution is 2.29. The van der Waals surface area contributed by atoms with E-state index in [-0.39, 0.29) is 17.3 Å². The van der Waals surface area contributed by atoms with E-state index >= 15 is 0 Å². The van der Waals surface area contributed by atoms with Crippen molar-refractivity contribution in [2.75, 3.05) is 5.32 Å². The molecule has 1 amide bonds. The van der Waals surface area contributed by atoms with E-state index in [4.69, 9.17) is 0 Å². The van der Waals surface area contributed by atoms with Gasteiger partial charge in [-0.15, -0.1) is 0 Å². The molecule has 0 aliphatic heterocycles. The van der Waals surface area contributed by atoms with Crippen LogP contribution in [0.3, 0.4) is 0 Å². The number of ketones is 1. The van der Waals surface area contributed by atoms with Crippen molar-refractivity contribution in [3.63, 3.8) is 0 Å². The van der Waals surface area contributed by atoms with E-state index in [1.807, 2.05) is 48.5 Å². The van der Waals surface area contributed by atoms with Crippen LogP contribution < -0.4 is 5.32 Å². The van der Waals surface area contributed by atoms with Crippen LogP contribution in [-0.4, -0.2) is 11.7 Å². The molecule has 0 saturated carbocycles. The summed E-state index contributed by atoms with van der Waals surface area (Å²) in [6.07, 6.45) is 0.108. The second-order valence-electron chi connectivity index (χ2n) is 8.76. The Morgan fingerprint density at radius 3 is 1.85 bits per heavy atom. The Bertz CT molecular complexity index is 738. The van der Waals surface area contributed by atoms with Crippen LogP contribution in [0.15, 0.2) is 48.5 Å². The maximum Gasteiger partial charge on any atom is 0.292 e. The van der Waals surface area contributed by atoms with Gasteiger partial charge in [0.2, 0.25) is 5.78 Å². The van der Waals surface area contributed by atoms with Gasteiger partial charge < -0.3 is 5.32 Å². The van der Waals surface area contributed by atoms with Crippen molar-refractivity contribution in [1.29, 1.82) is 0 Å². The fourth-order valence-electron chi connectivity index (χ4n) is 3.10. The van der Waals surface area contributed by atoms with Gasteiger partial charge in [-0.2, -0.15) is 0 Å². The number of rotatable bonds is 4. The lowest BCUT2D eigenvalue weighted by Crippen LogP contribution is -2.27. The normalized spacial score (nSPS) is 11.9. The molecule has 0 aliphatic rings. The first-order valence-electron chi connectivity index (χ1n) is 9.02. The molecule has 0 heterocycles. The predicted molar refractivity (Wildman–Crippen MR) is 108 cm³/mol. The largest absolute Gasteiger partial charge is 0.319 e. The molecule has 1 N–H and O–H groups in total. The lowest BCUT2D eigenvalue weighted by Gasteiger charge is -2.23. The van der Waals surface area contributed by atoms with Crippen molar-refractivity contribution in [2.24, 2.45) is 0 Å². The van der Waals surface area contributed by atoms with Gasteiger partial charge in [0, 0.05) is 12.1 Å². The Hall–Kier alpha value is -2.42. The van der Waals surface area contributed by atoms with Crippen LogP contribution in [0.5, 0.6) is 0 Å². The van der Waals surface area contributed by atoms with Gasteiger partial charge in [-0.1, -0.05) is 84.0 Å². The number of hydrogen-bond donors (Lipinski definition) is 1. The zero-order valence-electron chi connectivity index (χ0n) is 16.6. The molecule has 0 aliphatic carbocycles. The first-order valence-corrected chi connectivity index (χ1v) is 9.02. The number of Topliss-reactive ketones (excluding diaryl/α,β-unsaturated/α-hetero) is 1. The standard InChI is InChI=1S/C23H29NO2/c1-22(2,3)17-12-8-7-11-16(17)15-20(25)21(26)24-19-14-10-9-13-18(19)23(4,5)6/h7-14H,15H2,1-6H3,(H,24,26). The number of carbonyl (C=O) groups is 2. The van der Waals surface area contributed by atoms with Crippen molar-refractivity contribution < 1.29 is 9.59 Å². The number of benzene rings is 2. The molecule has 0 saturated heterocycles. The van der Waals surface area contributed by atoms with Crippen molar-refractivity contribution in [2.45, 2.75) is 58.8 Å². The second kappa shape index (κ2) is 7.45. The van der Waals surface area contributed by atoms with Gasteiger partial charge in [-0.25, -0.2) is 0 Å². The molecule has 26 heavy (non-hydrogen) atoms. The monoisotopic (exact) mass is 351 g/mol. The highest BCUT2D eigenvalue weighted by molar-refractivity contribution is 6.41. The minimum Gasteiger partial charge on any atom is -0.319 e. The van der Waals surface area contributed by atoms with E-state index in [0.717, 1.165) is 16.7 Å². The third-order valence-corrected chi connectivity index (χ3v) is 4.41. The van der Waals surface area contributed by atoms with E-state index in [2.05, 4.69) is 46.9 Å². The number of carbonyl (C=O) groups excluding carboxylic acids is 2. The minimum atomic E-state index is -0.564. The number of anilines is 1. The predicted octanol–water partition coefficient (Wildman–Crippen LogP) is 5.03. The molecule has 0 radical (unpaired) electrons. The molecule has 0 bridgehead atoms. The van der Waals surface area contributed by atoms with Crippen LogP contribution in [0.2, 0.25) is 0 Å². The van der Waals surface area contributed by atoms with Crippen LogP contribution in [0.1, 0.15) is 58.2 Å². The fourth-order valence-corrected chi connectivity index (χ4v) is 3.10. The summed E-state index contributed by atoms with van der Waals surface area (Å²) in [5.74, 6) is -0.990. The fraction of sp³-hybridized carbons (Fsp3) is 0.391. The smallest absolute Gasteiger partial charge is 0.292 e. The summed E-state index contributed by atoms with van der Waals surface area (Å²) in [6, 6.07) is 15.5. The van der Waals surface area contributed by atoms with Crippen LogP contribution in [0.25, 0.3) is 0 Å². The van der Waals surface area contributed by atoms with E-state index in [1.54, 1.807) is 0 Å². The molecular weight excluding hydrogens is 322 g/mol. The Balaban J connectivity index is 2.20. The Morgan fingerprint density at radius 2 is 1.27 bits per heavy atom. The molecular formula is C23H29NO2. The molecule has 0 atom stereocenters. The molecule has 0 spiro atoms. The van der Waals surface area contributed by atoms with Crippen LogP contribution in [0, 0.1) is 0 Å². The minimum absolute atomic E-state index is 0.0772. The van der Waals surface area contributed by atoms with Crippen LogP contribution in [0.4, 0.5) is 5.69 Å². The van der Waals surface area contributed by atoms with E-state index in [0.29, 0.717) is 5.69 Å². The van der Waals surface area contributed by atoms with Gasteiger partial charge >= 0.3 is 0 Å². The average Bonchev–Trinajstić information content (AvgIpc) is 2.53. The molecule has 2 aromatic carbocycles. The molecule has 2 aromatic rings. The molecule has 0 fully saturated rings. The molecule has 138 valence electrons. The van der Waals surface area contributed by atoms with Crippen molar-refractivity contribution in [3.8, 4) is 0 Å². The molecule has 0 aromatic heterocycles. The Labute approximate surface area is 156 Å². The third kappa shape index (κ3) is 4.81. The van der Waals surface area contributed by atoms with E-state index < -0.39 is 11.7 Å². The molecule has 2 rings (SSSR count). The highest BCUT2D eigenvalue weighted by atomic mass is 16.2. The van der Waals surface area contributed by atoms with Gasteiger partial charge in [0.25, 0.3) is 5.91 Å². The third-order valence-electron chi connectivity index (χ3n) is 4.41. The van der Waals surface area contributed by atoms with Gasteiger partial charge in [0.1, 0.15) is 0 Å². The Morgan fingerprint density at radius 1 is 0.769 bits per heavy atom. The summed E-state index contributed by atoms with van der Waals surface area (Å²) in [5.41, 5.74) is 3.51. The molecule has 0 unspecified atom stereocenters. The first-order chi connectivity index (χ1) is 12.0. The maximum atomic E-state index is 12.5. The lowest BCUT2D eigenvalue weighted by molar-refractivity contribution is -0.134. The lowest BCUT2D eigenvalue weighted by atomic mass is 9.82. The topological polar surface area (TPSA) is 46.2 Å². The van der Waals surface area contributed by atoms with Crippen LogP contribution >= 0.6 is 0 Å². The summed E-state index contributed by atoms with van der Waals surface area (Å²) >= 11 is 0. The van der Waals surface area contributed by atoms with Crippen LogP contribution in [-0.2, 0) is 26.8 Å². The van der Waals surface area contributed by atoms with Gasteiger partial charge in [-0.05, 0) is 33.6 Å². The van der Waals surface area contributed by atoms with E-state index in [9.17, 15) is 9.59 Å². The summed E-state index contributed by atoms with van der Waals surface area (Å²) in [5, 5.41) is 2.81.